The third kappa shape index (κ3) is 9.72. The number of carbonyl (C=O) groups is 3. The largest absolute Gasteiger partial charge is 0.504 e. The number of aliphatic carboxylic acids is 1. The summed E-state index contributed by atoms with van der Waals surface area (Å²) in [5.74, 6) is -2.68. The molecule has 0 bridgehead atoms. The highest BCUT2D eigenvalue weighted by Gasteiger charge is 2.20. The van der Waals surface area contributed by atoms with Gasteiger partial charge < -0.3 is 37.6 Å². The number of nitrogens with two attached hydrogens (primary N) is 2. The summed E-state index contributed by atoms with van der Waals surface area (Å²) in [5.41, 5.74) is 9.95. The van der Waals surface area contributed by atoms with E-state index in [4.69, 9.17) is 25.7 Å². The van der Waals surface area contributed by atoms with E-state index < -0.39 is 67.1 Å². The SMILES string of the molecule is CC(=O)Nc1cc(S(=O)(=O)O)cc(NC(=O)NC[C@H](N)C(=O)O)c1O.Nc1cccc(S(=O)(=O)O)c1. The van der Waals surface area contributed by atoms with Crippen LogP contribution in [0.15, 0.2) is 46.2 Å². The van der Waals surface area contributed by atoms with E-state index in [0.717, 1.165) is 19.1 Å². The van der Waals surface area contributed by atoms with Gasteiger partial charge in [0.05, 0.1) is 21.2 Å². The number of phenolic OH excluding ortho intramolecular Hbond substituents is 1. The van der Waals surface area contributed by atoms with E-state index in [0.29, 0.717) is 5.69 Å². The second-order valence-electron chi connectivity index (χ2n) is 6.85. The lowest BCUT2D eigenvalue weighted by atomic mass is 10.2. The fourth-order valence-electron chi connectivity index (χ4n) is 2.27. The standard InChI is InChI=1S/C12H16N4O8S.C6H7NO3S/c1-5(17)15-8-2-6(25(22,23)24)3-9(10(8)18)16-12(21)14-4-7(13)11(19)20;7-5-2-1-3-6(4-5)11(8,9)10/h2-3,7,18H,4,13H2,1H3,(H,15,17)(H,19,20)(H2,14,16,21)(H,22,23,24);1-4H,7H2,(H,8,9,10)/t7-;/m0./s1. The number of urea groups is 1. The molecule has 2 rings (SSSR count). The molecule has 11 N–H and O–H groups in total. The number of carboxylic acids is 1. The summed E-state index contributed by atoms with van der Waals surface area (Å²) >= 11 is 0. The van der Waals surface area contributed by atoms with Crippen molar-refractivity contribution in [1.29, 1.82) is 0 Å². The van der Waals surface area contributed by atoms with Gasteiger partial charge in [-0.2, -0.15) is 16.8 Å². The van der Waals surface area contributed by atoms with Crippen LogP contribution >= 0.6 is 0 Å². The fourth-order valence-corrected chi connectivity index (χ4v) is 3.34. The molecule has 0 saturated carbocycles. The summed E-state index contributed by atoms with van der Waals surface area (Å²) < 4.78 is 61.1. The molecule has 2 aromatic carbocycles. The zero-order chi connectivity index (χ0) is 27.8. The second-order valence-corrected chi connectivity index (χ2v) is 9.69. The number of rotatable bonds is 7. The highest BCUT2D eigenvalue weighted by atomic mass is 32.2. The van der Waals surface area contributed by atoms with Crippen LogP contribution in [-0.2, 0) is 29.8 Å². The number of amides is 3. The van der Waals surface area contributed by atoms with Crippen molar-refractivity contribution < 1.29 is 50.5 Å². The van der Waals surface area contributed by atoms with Crippen molar-refractivity contribution in [2.45, 2.75) is 22.8 Å². The molecule has 16 nitrogen and oxygen atoms in total. The number of phenols is 1. The summed E-state index contributed by atoms with van der Waals surface area (Å²) in [6.45, 7) is 0.644. The average molecular weight is 550 g/mol. The Labute approximate surface area is 204 Å². The molecule has 0 saturated heterocycles. The summed E-state index contributed by atoms with van der Waals surface area (Å²) in [6, 6.07) is 4.60. The molecule has 18 heteroatoms. The number of hydrogen-bond donors (Lipinski definition) is 9. The lowest BCUT2D eigenvalue weighted by Crippen LogP contribution is -2.43. The third-order valence-corrected chi connectivity index (χ3v) is 5.58. The summed E-state index contributed by atoms with van der Waals surface area (Å²) in [5, 5.41) is 24.9. The van der Waals surface area contributed by atoms with E-state index >= 15 is 0 Å². The minimum absolute atomic E-state index is 0.183. The fraction of sp³-hybridized carbons (Fsp3) is 0.167. The highest BCUT2D eigenvalue weighted by molar-refractivity contribution is 7.86. The Morgan fingerprint density at radius 3 is 1.89 bits per heavy atom. The van der Waals surface area contributed by atoms with Crippen molar-refractivity contribution in [2.75, 3.05) is 22.9 Å². The Morgan fingerprint density at radius 1 is 0.944 bits per heavy atom. The van der Waals surface area contributed by atoms with Crippen molar-refractivity contribution in [2.24, 2.45) is 5.73 Å². The maximum Gasteiger partial charge on any atom is 0.322 e. The number of nitrogen functional groups attached to an aromatic ring is 1. The van der Waals surface area contributed by atoms with Crippen LogP contribution in [0.3, 0.4) is 0 Å². The van der Waals surface area contributed by atoms with Crippen molar-refractivity contribution in [1.82, 2.24) is 5.32 Å². The molecule has 3 amide bonds. The monoisotopic (exact) mass is 549 g/mol. The smallest absolute Gasteiger partial charge is 0.322 e. The van der Waals surface area contributed by atoms with E-state index in [1.54, 1.807) is 0 Å². The average Bonchev–Trinajstić information content (AvgIpc) is 2.73. The van der Waals surface area contributed by atoms with Gasteiger partial charge in [0.15, 0.2) is 5.75 Å². The number of carbonyl (C=O) groups excluding carboxylic acids is 2. The van der Waals surface area contributed by atoms with Crippen LogP contribution in [0.2, 0.25) is 0 Å². The zero-order valence-electron chi connectivity index (χ0n) is 18.4. The van der Waals surface area contributed by atoms with Crippen LogP contribution < -0.4 is 27.4 Å². The maximum absolute atomic E-state index is 11.7. The molecule has 0 aliphatic rings. The van der Waals surface area contributed by atoms with Crippen molar-refractivity contribution in [3.05, 3.63) is 36.4 Å². The van der Waals surface area contributed by atoms with Gasteiger partial charge in [-0.05, 0) is 30.3 Å². The van der Waals surface area contributed by atoms with Crippen LogP contribution in [0.1, 0.15) is 6.92 Å². The van der Waals surface area contributed by atoms with Gasteiger partial charge in [-0.25, -0.2) is 4.79 Å². The molecule has 0 aliphatic carbocycles. The predicted molar refractivity (Wildman–Crippen MR) is 126 cm³/mol. The first-order valence-electron chi connectivity index (χ1n) is 9.40. The van der Waals surface area contributed by atoms with Crippen LogP contribution in [0.5, 0.6) is 5.75 Å². The van der Waals surface area contributed by atoms with Crippen molar-refractivity contribution in [3.8, 4) is 5.75 Å². The van der Waals surface area contributed by atoms with Crippen molar-refractivity contribution in [3.63, 3.8) is 0 Å². The molecule has 198 valence electrons. The number of carboxylic acid groups (broad SMARTS) is 1. The first-order valence-corrected chi connectivity index (χ1v) is 12.3. The van der Waals surface area contributed by atoms with Gasteiger partial charge in [0, 0.05) is 19.2 Å². The van der Waals surface area contributed by atoms with Crippen LogP contribution in [0.25, 0.3) is 0 Å². The number of benzene rings is 2. The van der Waals surface area contributed by atoms with Gasteiger partial charge in [-0.3, -0.25) is 18.7 Å². The van der Waals surface area contributed by atoms with Gasteiger partial charge in [-0.1, -0.05) is 6.07 Å². The Bertz CT molecular complexity index is 1360. The molecule has 0 aliphatic heterocycles. The Kier molecular flexibility index (Phi) is 10.1. The van der Waals surface area contributed by atoms with E-state index in [2.05, 4.69) is 16.0 Å². The zero-order valence-corrected chi connectivity index (χ0v) is 20.0. The number of anilines is 3. The highest BCUT2D eigenvalue weighted by Crippen LogP contribution is 2.35. The minimum atomic E-state index is -4.70. The Hall–Kier alpha value is -3.97. The molecule has 0 radical (unpaired) electrons. The molecule has 0 fully saturated rings. The van der Waals surface area contributed by atoms with E-state index in [1.165, 1.54) is 24.3 Å². The molecule has 2 aromatic rings. The predicted octanol–water partition coefficient (Wildman–Crippen LogP) is -0.354. The quantitative estimate of drug-likeness (QED) is 0.121. The first-order chi connectivity index (χ1) is 16.4. The Balaban J connectivity index is 0.000000488. The third-order valence-electron chi connectivity index (χ3n) is 3.90. The van der Waals surface area contributed by atoms with Gasteiger partial charge in [0.2, 0.25) is 5.91 Å². The minimum Gasteiger partial charge on any atom is -0.504 e. The van der Waals surface area contributed by atoms with Gasteiger partial charge in [-0.15, -0.1) is 0 Å². The first kappa shape index (κ1) is 30.1. The summed E-state index contributed by atoms with van der Waals surface area (Å²) in [6.07, 6.45) is 0. The molecular weight excluding hydrogens is 526 g/mol. The van der Waals surface area contributed by atoms with Gasteiger partial charge in [0.25, 0.3) is 20.2 Å². The number of hydrogen-bond acceptors (Lipinski definition) is 10. The second kappa shape index (κ2) is 12.1. The lowest BCUT2D eigenvalue weighted by Gasteiger charge is -2.14. The van der Waals surface area contributed by atoms with Gasteiger partial charge >= 0.3 is 12.0 Å². The Morgan fingerprint density at radius 2 is 1.47 bits per heavy atom. The molecule has 0 spiro atoms. The number of nitrogens with one attached hydrogen (secondary N) is 3. The van der Waals surface area contributed by atoms with E-state index in [9.17, 15) is 36.3 Å². The topological polar surface area (TPSA) is 289 Å². The summed E-state index contributed by atoms with van der Waals surface area (Å²) in [4.78, 5) is 32.5. The molecule has 36 heavy (non-hydrogen) atoms. The van der Waals surface area contributed by atoms with E-state index in [-0.39, 0.29) is 10.6 Å². The van der Waals surface area contributed by atoms with Gasteiger partial charge in [0.1, 0.15) is 6.04 Å². The molecule has 0 heterocycles. The molecular formula is C18H23N5O11S2. The van der Waals surface area contributed by atoms with Crippen molar-refractivity contribution >= 4 is 55.2 Å². The number of aromatic hydroxyl groups is 1. The molecule has 1 atom stereocenters. The van der Waals surface area contributed by atoms with E-state index in [1.807, 2.05) is 0 Å². The van der Waals surface area contributed by atoms with Crippen LogP contribution in [0.4, 0.5) is 21.9 Å². The summed E-state index contributed by atoms with van der Waals surface area (Å²) in [7, 11) is -8.81. The molecule has 0 unspecified atom stereocenters. The van der Waals surface area contributed by atoms with Crippen LogP contribution in [0, 0.1) is 0 Å². The normalized spacial score (nSPS) is 11.9. The molecule has 0 aromatic heterocycles. The van der Waals surface area contributed by atoms with Crippen LogP contribution in [-0.4, -0.2) is 66.6 Å². The maximum atomic E-state index is 11.7. The lowest BCUT2D eigenvalue weighted by molar-refractivity contribution is -0.138.